The number of thioether (sulfide) groups is 1. The van der Waals surface area contributed by atoms with Crippen LogP contribution in [0.25, 0.3) is 0 Å². The van der Waals surface area contributed by atoms with Gasteiger partial charge in [-0.05, 0) is 83.9 Å². The third-order valence-electron chi connectivity index (χ3n) is 10.1. The number of hydrogen-bond acceptors (Lipinski definition) is 11. The molecule has 1 fully saturated rings. The van der Waals surface area contributed by atoms with Crippen LogP contribution in [0, 0.1) is 0 Å². The monoisotopic (exact) mass is 916 g/mol. The Morgan fingerprint density at radius 1 is 0.475 bits per heavy atom. The van der Waals surface area contributed by atoms with Gasteiger partial charge in [0, 0.05) is 44.0 Å². The molecule has 1 aliphatic rings. The van der Waals surface area contributed by atoms with E-state index in [1.807, 2.05) is 72.8 Å². The Morgan fingerprint density at radius 2 is 0.803 bits per heavy atom. The first-order valence-corrected chi connectivity index (χ1v) is 34.2. The second-order valence-electron chi connectivity index (χ2n) is 19.4. The predicted octanol–water partition coefficient (Wildman–Crippen LogP) is 11.3. The van der Waals surface area contributed by atoms with Gasteiger partial charge in [-0.25, -0.2) is 0 Å². The highest BCUT2D eigenvalue weighted by Crippen LogP contribution is 2.35. The van der Waals surface area contributed by atoms with E-state index in [1.165, 1.54) is 0 Å². The Kier molecular flexibility index (Phi) is 21.8. The summed E-state index contributed by atoms with van der Waals surface area (Å²) < 4.78 is 61.8. The van der Waals surface area contributed by atoms with Crippen molar-refractivity contribution in [3.05, 3.63) is 89.5 Å². The highest BCUT2D eigenvalue weighted by atomic mass is 32.2. The molecule has 0 unspecified atom stereocenters. The van der Waals surface area contributed by atoms with Gasteiger partial charge in [0.15, 0.2) is 20.4 Å². The summed E-state index contributed by atoms with van der Waals surface area (Å²) in [6.45, 7) is 29.3. The lowest BCUT2D eigenvalue weighted by molar-refractivity contribution is -0.242. The minimum absolute atomic E-state index is 0.237. The zero-order chi connectivity index (χ0) is 44.3. The molecule has 0 saturated carbocycles. The van der Waals surface area contributed by atoms with Crippen molar-refractivity contribution in [2.75, 3.05) is 46.0 Å². The van der Waals surface area contributed by atoms with Gasteiger partial charge in [0.05, 0.1) is 25.9 Å². The van der Waals surface area contributed by atoms with Crippen LogP contribution in [0.2, 0.25) is 77.1 Å². The zero-order valence-electron chi connectivity index (χ0n) is 39.0. The van der Waals surface area contributed by atoms with Crippen molar-refractivity contribution in [1.29, 1.82) is 0 Å². The van der Waals surface area contributed by atoms with E-state index in [9.17, 15) is 0 Å². The van der Waals surface area contributed by atoms with Crippen LogP contribution in [0.3, 0.4) is 0 Å². The first-order chi connectivity index (χ1) is 29.0. The first-order valence-electron chi connectivity index (χ1n) is 22.0. The SMILES string of the molecule is CCS[C@H]1O[C@@H](C)[C@@H](OCc2ccc(OCOCC[Si](C)(C)C)cc2)[C@@H](OCc2ccc(OCOCC[Si](C)(C)C)cc2)[C@@H]1OCc1ccc(OCOCC[Si](C)(C)C)cc1. The van der Waals surface area contributed by atoms with Crippen LogP contribution in [0.4, 0.5) is 0 Å². The molecule has 0 aromatic heterocycles. The summed E-state index contributed by atoms with van der Waals surface area (Å²) >= 11 is 1.72. The summed E-state index contributed by atoms with van der Waals surface area (Å²) in [4.78, 5) is 0. The summed E-state index contributed by atoms with van der Waals surface area (Å²) in [7, 11) is -3.44. The average molecular weight is 917 g/mol. The molecule has 0 aliphatic carbocycles. The van der Waals surface area contributed by atoms with Gasteiger partial charge in [-0.15, -0.1) is 11.8 Å². The highest BCUT2D eigenvalue weighted by Gasteiger charge is 2.46. The van der Waals surface area contributed by atoms with E-state index in [-0.39, 0.29) is 31.9 Å². The minimum atomic E-state index is -1.15. The Labute approximate surface area is 375 Å². The lowest BCUT2D eigenvalue weighted by atomic mass is 9.99. The molecule has 3 aromatic carbocycles. The van der Waals surface area contributed by atoms with E-state index in [0.29, 0.717) is 19.8 Å². The van der Waals surface area contributed by atoms with Gasteiger partial charge in [-0.3, -0.25) is 0 Å². The van der Waals surface area contributed by atoms with Gasteiger partial charge in [0.25, 0.3) is 0 Å². The predicted molar refractivity (Wildman–Crippen MR) is 256 cm³/mol. The standard InChI is InChI=1S/C47H76O10SSi3/c1-12-58-47-46(53-33-40-17-23-43(24-18-40)56-36-50-27-30-61(9,10)11)45(52-32-39-15-21-42(22-16-39)55-35-49-26-29-60(6,7)8)44(37(2)57-47)51-31-38-13-19-41(20-14-38)54-34-48-25-28-59(3,4)5/h13-24,37,44-47H,12,25-36H2,1-11H3/t37-,44+,45+,46-,47+/m0/s1. The number of rotatable bonds is 29. The maximum atomic E-state index is 6.84. The number of ether oxygens (including phenoxy) is 10. The van der Waals surface area contributed by atoms with Gasteiger partial charge in [0.1, 0.15) is 41.0 Å². The second kappa shape index (κ2) is 25.9. The molecule has 0 spiro atoms. The van der Waals surface area contributed by atoms with Gasteiger partial charge >= 0.3 is 0 Å². The van der Waals surface area contributed by atoms with Crippen molar-refractivity contribution in [2.24, 2.45) is 0 Å². The molecule has 0 amide bonds. The molecule has 342 valence electrons. The summed E-state index contributed by atoms with van der Waals surface area (Å²) in [6.07, 6.45) is -1.47. The molecule has 10 nitrogen and oxygen atoms in total. The van der Waals surface area contributed by atoms with Gasteiger partial charge in [-0.1, -0.05) is 102 Å². The van der Waals surface area contributed by atoms with Crippen LogP contribution in [0.15, 0.2) is 72.8 Å². The van der Waals surface area contributed by atoms with Crippen LogP contribution in [-0.2, 0) is 53.0 Å². The largest absolute Gasteiger partial charge is 0.468 e. The topological polar surface area (TPSA) is 92.3 Å². The summed E-state index contributed by atoms with van der Waals surface area (Å²) in [5.74, 6) is 3.15. The van der Waals surface area contributed by atoms with E-state index in [2.05, 4.69) is 72.8 Å². The van der Waals surface area contributed by atoms with Crippen molar-refractivity contribution in [3.8, 4) is 17.2 Å². The lowest BCUT2D eigenvalue weighted by Crippen LogP contribution is -2.58. The quantitative estimate of drug-likeness (QED) is 0.0379. The van der Waals surface area contributed by atoms with Crippen molar-refractivity contribution in [2.45, 2.75) is 141 Å². The fourth-order valence-corrected chi connectivity index (χ4v) is 9.41. The van der Waals surface area contributed by atoms with Crippen molar-refractivity contribution >= 4 is 36.0 Å². The molecule has 61 heavy (non-hydrogen) atoms. The fraction of sp³-hybridized carbons (Fsp3) is 0.617. The van der Waals surface area contributed by atoms with Gasteiger partial charge in [0.2, 0.25) is 0 Å². The van der Waals surface area contributed by atoms with Crippen LogP contribution in [0.1, 0.15) is 30.5 Å². The maximum absolute atomic E-state index is 6.84. The maximum Gasteiger partial charge on any atom is 0.189 e. The third-order valence-corrected chi connectivity index (χ3v) is 16.2. The highest BCUT2D eigenvalue weighted by molar-refractivity contribution is 7.99. The summed E-state index contributed by atoms with van der Waals surface area (Å²) in [5.41, 5.74) is 2.81. The first kappa shape index (κ1) is 51.4. The molecule has 14 heteroatoms. The molecule has 5 atom stereocenters. The zero-order valence-corrected chi connectivity index (χ0v) is 42.8. The molecule has 4 rings (SSSR count). The Balaban J connectivity index is 1.42. The van der Waals surface area contributed by atoms with E-state index in [1.54, 1.807) is 11.8 Å². The lowest BCUT2D eigenvalue weighted by Gasteiger charge is -2.45. The van der Waals surface area contributed by atoms with E-state index in [0.717, 1.165) is 77.6 Å². The molecule has 0 N–H and O–H groups in total. The smallest absolute Gasteiger partial charge is 0.189 e. The Hall–Kier alpha value is -2.22. The van der Waals surface area contributed by atoms with Crippen molar-refractivity contribution in [3.63, 3.8) is 0 Å². The van der Waals surface area contributed by atoms with Crippen molar-refractivity contribution in [1.82, 2.24) is 0 Å². The minimum Gasteiger partial charge on any atom is -0.468 e. The van der Waals surface area contributed by atoms with Gasteiger partial charge in [-0.2, -0.15) is 0 Å². The molecule has 0 bridgehead atoms. The normalized spacial score (nSPS) is 19.8. The second-order valence-corrected chi connectivity index (χ2v) is 37.6. The molecule has 0 radical (unpaired) electrons. The molecular weight excluding hydrogens is 841 g/mol. The van der Waals surface area contributed by atoms with Crippen LogP contribution < -0.4 is 14.2 Å². The Bertz CT molecular complexity index is 1630. The molecular formula is C47H76O10SSi3. The molecule has 1 saturated heterocycles. The molecule has 1 aliphatic heterocycles. The summed E-state index contributed by atoms with van der Waals surface area (Å²) in [6, 6.07) is 27.3. The van der Waals surface area contributed by atoms with E-state index >= 15 is 0 Å². The van der Waals surface area contributed by atoms with Gasteiger partial charge < -0.3 is 47.4 Å². The molecule has 3 aromatic rings. The van der Waals surface area contributed by atoms with E-state index < -0.39 is 42.5 Å². The van der Waals surface area contributed by atoms with Crippen LogP contribution >= 0.6 is 11.8 Å². The van der Waals surface area contributed by atoms with E-state index in [4.69, 9.17) is 47.4 Å². The van der Waals surface area contributed by atoms with Crippen LogP contribution in [-0.4, -0.2) is 100 Å². The number of hydrogen-bond donors (Lipinski definition) is 0. The van der Waals surface area contributed by atoms with Crippen molar-refractivity contribution < 1.29 is 47.4 Å². The molecule has 1 heterocycles. The average Bonchev–Trinajstić information content (AvgIpc) is 3.19. The number of benzene rings is 3. The Morgan fingerprint density at radius 3 is 1.13 bits per heavy atom. The third kappa shape index (κ3) is 20.9. The summed E-state index contributed by atoms with van der Waals surface area (Å²) in [5, 5.41) is 0. The van der Waals surface area contributed by atoms with Crippen LogP contribution in [0.5, 0.6) is 17.2 Å². The fourth-order valence-electron chi connectivity index (χ4n) is 6.13.